The smallest absolute Gasteiger partial charge is 0.434 e. The number of allylic oxidation sites excluding steroid dienone is 1. The van der Waals surface area contributed by atoms with Crippen LogP contribution in [-0.4, -0.2) is 36.5 Å². The molecule has 2 aliphatic carbocycles. The molecule has 212 valence electrons. The number of nitrogens with zero attached hydrogens (tertiary/aromatic N) is 6. The number of aromatic nitrogens is 5. The number of rotatable bonds is 9. The van der Waals surface area contributed by atoms with E-state index in [2.05, 4.69) is 15.0 Å². The monoisotopic (exact) mass is 563 g/mol. The zero-order valence-corrected chi connectivity index (χ0v) is 22.3. The molecule has 12 heteroatoms. The SMILES string of the molecule is Cn1cc(C(F)(F)F)nc1-c1ccc(Cn2c(=O)ccc3cnc(/C(CC4CC4)=C(/N=C\N)OC4CC4)nc32)cc1. The highest BCUT2D eigenvalue weighted by Gasteiger charge is 2.34. The van der Waals surface area contributed by atoms with E-state index < -0.39 is 11.9 Å². The molecule has 0 saturated heterocycles. The number of nitrogens with two attached hydrogens (primary N) is 1. The van der Waals surface area contributed by atoms with Gasteiger partial charge in [-0.2, -0.15) is 13.2 Å². The molecule has 0 aliphatic heterocycles. The fourth-order valence-corrected chi connectivity index (χ4v) is 4.66. The van der Waals surface area contributed by atoms with Gasteiger partial charge in [-0.15, -0.1) is 0 Å². The molecule has 0 spiro atoms. The highest BCUT2D eigenvalue weighted by Crippen LogP contribution is 2.40. The van der Waals surface area contributed by atoms with Crippen molar-refractivity contribution in [3.63, 3.8) is 0 Å². The fourth-order valence-electron chi connectivity index (χ4n) is 4.66. The highest BCUT2D eigenvalue weighted by molar-refractivity contribution is 5.77. The maximum absolute atomic E-state index is 13.1. The van der Waals surface area contributed by atoms with Crippen molar-refractivity contribution in [1.29, 1.82) is 0 Å². The maximum Gasteiger partial charge on any atom is 0.434 e. The van der Waals surface area contributed by atoms with Crippen LogP contribution in [0.4, 0.5) is 13.2 Å². The molecule has 3 heterocycles. The molecule has 0 atom stereocenters. The molecule has 41 heavy (non-hydrogen) atoms. The third-order valence-electron chi connectivity index (χ3n) is 7.15. The summed E-state index contributed by atoms with van der Waals surface area (Å²) < 4.78 is 48.3. The molecule has 3 aromatic heterocycles. The molecule has 9 nitrogen and oxygen atoms in total. The number of ether oxygens (including phenoxy) is 1. The van der Waals surface area contributed by atoms with Gasteiger partial charge in [-0.25, -0.2) is 19.9 Å². The third-order valence-corrected chi connectivity index (χ3v) is 7.15. The summed E-state index contributed by atoms with van der Waals surface area (Å²) in [4.78, 5) is 30.5. The Morgan fingerprint density at radius 3 is 2.51 bits per heavy atom. The zero-order valence-electron chi connectivity index (χ0n) is 22.3. The molecule has 4 aromatic rings. The van der Waals surface area contributed by atoms with Gasteiger partial charge in [0.25, 0.3) is 5.56 Å². The summed E-state index contributed by atoms with van der Waals surface area (Å²) in [5.74, 6) is 1.56. The predicted octanol–water partition coefficient (Wildman–Crippen LogP) is 4.89. The van der Waals surface area contributed by atoms with E-state index in [0.29, 0.717) is 40.6 Å². The van der Waals surface area contributed by atoms with Gasteiger partial charge < -0.3 is 15.0 Å². The van der Waals surface area contributed by atoms with Crippen molar-refractivity contribution >= 4 is 22.9 Å². The molecule has 6 rings (SSSR count). The lowest BCUT2D eigenvalue weighted by Gasteiger charge is -2.14. The lowest BCUT2D eigenvalue weighted by molar-refractivity contribution is -0.140. The Hall–Kier alpha value is -4.48. The normalized spacial score (nSPS) is 16.4. The maximum atomic E-state index is 13.1. The second-order valence-electron chi connectivity index (χ2n) is 10.5. The van der Waals surface area contributed by atoms with Crippen LogP contribution in [0.3, 0.4) is 0 Å². The minimum atomic E-state index is -4.53. The minimum absolute atomic E-state index is 0.107. The first kappa shape index (κ1) is 26.7. The largest absolute Gasteiger partial charge is 0.474 e. The third kappa shape index (κ3) is 5.86. The summed E-state index contributed by atoms with van der Waals surface area (Å²) in [6.45, 7) is 0.204. The van der Waals surface area contributed by atoms with E-state index in [-0.39, 0.29) is 24.0 Å². The van der Waals surface area contributed by atoms with Gasteiger partial charge in [0.1, 0.15) is 17.6 Å². The molecule has 0 radical (unpaired) electrons. The Labute approximate surface area is 233 Å². The van der Waals surface area contributed by atoms with Crippen molar-refractivity contribution in [2.75, 3.05) is 0 Å². The van der Waals surface area contributed by atoms with E-state index in [1.54, 1.807) is 41.1 Å². The van der Waals surface area contributed by atoms with E-state index in [1.165, 1.54) is 24.0 Å². The van der Waals surface area contributed by atoms with Crippen LogP contribution >= 0.6 is 0 Å². The quantitative estimate of drug-likeness (QED) is 0.176. The zero-order chi connectivity index (χ0) is 28.7. The summed E-state index contributed by atoms with van der Waals surface area (Å²) in [5, 5.41) is 0.690. The van der Waals surface area contributed by atoms with Crippen LogP contribution in [0.2, 0.25) is 0 Å². The number of hydrogen-bond acceptors (Lipinski definition) is 6. The van der Waals surface area contributed by atoms with Crippen LogP contribution < -0.4 is 11.3 Å². The summed E-state index contributed by atoms with van der Waals surface area (Å²) in [6, 6.07) is 10.1. The minimum Gasteiger partial charge on any atom is -0.474 e. The van der Waals surface area contributed by atoms with Gasteiger partial charge in [0.15, 0.2) is 11.5 Å². The number of hydrogen-bond donors (Lipinski definition) is 1. The topological polar surface area (TPSA) is 113 Å². The van der Waals surface area contributed by atoms with Crippen LogP contribution in [0.25, 0.3) is 28.0 Å². The van der Waals surface area contributed by atoms with Crippen molar-refractivity contribution in [2.24, 2.45) is 23.7 Å². The Kier molecular flexibility index (Phi) is 6.84. The lowest BCUT2D eigenvalue weighted by atomic mass is 10.1. The second-order valence-corrected chi connectivity index (χ2v) is 10.5. The Balaban J connectivity index is 1.35. The van der Waals surface area contributed by atoms with Gasteiger partial charge in [0.05, 0.1) is 18.5 Å². The summed E-state index contributed by atoms with van der Waals surface area (Å²) in [7, 11) is 1.52. The van der Waals surface area contributed by atoms with Crippen molar-refractivity contribution in [3.8, 4) is 11.4 Å². The van der Waals surface area contributed by atoms with Crippen LogP contribution in [0.5, 0.6) is 0 Å². The predicted molar refractivity (Wildman–Crippen MR) is 148 cm³/mol. The van der Waals surface area contributed by atoms with E-state index in [9.17, 15) is 18.0 Å². The number of halogens is 3. The molecule has 2 N–H and O–H groups in total. The van der Waals surface area contributed by atoms with Crippen LogP contribution in [0.1, 0.15) is 49.2 Å². The number of fused-ring (bicyclic) bond motifs is 1. The first-order valence-corrected chi connectivity index (χ1v) is 13.4. The van der Waals surface area contributed by atoms with Crippen LogP contribution in [0, 0.1) is 5.92 Å². The molecule has 0 unspecified atom stereocenters. The first-order valence-electron chi connectivity index (χ1n) is 13.4. The second kappa shape index (κ2) is 10.5. The molecule has 0 amide bonds. The Morgan fingerprint density at radius 1 is 1.12 bits per heavy atom. The Morgan fingerprint density at radius 2 is 1.88 bits per heavy atom. The van der Waals surface area contributed by atoms with E-state index in [4.69, 9.17) is 15.5 Å². The molecule has 1 aromatic carbocycles. The van der Waals surface area contributed by atoms with Gasteiger partial charge in [-0.1, -0.05) is 24.3 Å². The number of pyridine rings is 1. The van der Waals surface area contributed by atoms with Crippen molar-refractivity contribution in [2.45, 2.75) is 50.9 Å². The number of aryl methyl sites for hydroxylation is 1. The molecule has 2 saturated carbocycles. The van der Waals surface area contributed by atoms with E-state index in [1.807, 2.05) is 0 Å². The number of alkyl halides is 3. The number of aliphatic imine (C=N–C) groups is 1. The first-order chi connectivity index (χ1) is 19.7. The molecular weight excluding hydrogens is 535 g/mol. The summed E-state index contributed by atoms with van der Waals surface area (Å²) in [6.07, 6.45) is 4.27. The molecule has 0 bridgehead atoms. The molecular formula is C29H28F3N7O2. The Bertz CT molecular complexity index is 1710. The van der Waals surface area contributed by atoms with Gasteiger partial charge in [-0.05, 0) is 49.7 Å². The summed E-state index contributed by atoms with van der Waals surface area (Å²) >= 11 is 0. The van der Waals surface area contributed by atoms with Gasteiger partial charge in [0.2, 0.25) is 5.88 Å². The highest BCUT2D eigenvalue weighted by atomic mass is 19.4. The lowest BCUT2D eigenvalue weighted by Crippen LogP contribution is -2.21. The van der Waals surface area contributed by atoms with Gasteiger partial charge in [-0.3, -0.25) is 9.36 Å². The van der Waals surface area contributed by atoms with E-state index >= 15 is 0 Å². The number of imidazole rings is 1. The van der Waals surface area contributed by atoms with Gasteiger partial charge >= 0.3 is 6.18 Å². The van der Waals surface area contributed by atoms with Crippen LogP contribution in [0.15, 0.2) is 64.5 Å². The number of benzene rings is 1. The standard InChI is InChI=1S/C29H28F3N7O2/c1-38-15-23(29(30,31)32)36-26(38)19-6-4-18(5-7-19)14-39-24(40)11-8-20-13-34-25(37-27(20)39)22(12-17-2-3-17)28(35-16-33)41-21-9-10-21/h4-8,11,13,15-17,21H,2-3,9-10,12,14H2,1H3,(H2,33,35)/b28-22-. The van der Waals surface area contributed by atoms with Gasteiger partial charge in [0, 0.05) is 36.5 Å². The molecule has 2 aliphatic rings. The van der Waals surface area contributed by atoms with Crippen molar-refractivity contribution in [3.05, 3.63) is 82.1 Å². The average molecular weight is 564 g/mol. The van der Waals surface area contributed by atoms with Crippen molar-refractivity contribution in [1.82, 2.24) is 24.1 Å². The van der Waals surface area contributed by atoms with Crippen molar-refractivity contribution < 1.29 is 17.9 Å². The average Bonchev–Trinajstić information content (AvgIpc) is 3.88. The van der Waals surface area contributed by atoms with Crippen LogP contribution in [-0.2, 0) is 24.5 Å². The fraction of sp³-hybridized carbons (Fsp3) is 0.345. The molecule has 2 fully saturated rings. The summed E-state index contributed by atoms with van der Waals surface area (Å²) in [5.41, 5.74) is 6.97. The van der Waals surface area contributed by atoms with E-state index in [0.717, 1.165) is 43.0 Å².